The third-order valence-electron chi connectivity index (χ3n) is 7.52. The van der Waals surface area contributed by atoms with Crippen LogP contribution in [0.25, 0.3) is 5.65 Å². The molecule has 1 aliphatic carbocycles. The van der Waals surface area contributed by atoms with Gasteiger partial charge in [0.25, 0.3) is 11.5 Å². The van der Waals surface area contributed by atoms with Crippen molar-refractivity contribution in [2.75, 3.05) is 37.5 Å². The number of hydrogen-bond donors (Lipinski definition) is 3. The minimum atomic E-state index is -0.212. The molecule has 2 fully saturated rings. The zero-order chi connectivity index (χ0) is 27.6. The van der Waals surface area contributed by atoms with Gasteiger partial charge in [-0.2, -0.15) is 0 Å². The van der Waals surface area contributed by atoms with Crippen LogP contribution in [0.15, 0.2) is 59.7 Å². The standard InChI is InChI=1S/C29H34N8O3/c1-35(18-19-5-9-22(40-2)10-6-19)24-16-26(34-37-25(17-31-27(24)37)28(38)32-20-7-8-20)33-23-4-3-15-36(29(23)39)21-11-13-30-14-12-21/h3-6,9-10,15-17,20-21,30H,7-8,11-14,18H2,1-2H3,(H,32,38)(H,33,34). The number of amides is 1. The largest absolute Gasteiger partial charge is 0.497 e. The van der Waals surface area contributed by atoms with Gasteiger partial charge in [0, 0.05) is 37.9 Å². The van der Waals surface area contributed by atoms with Crippen molar-refractivity contribution < 1.29 is 9.53 Å². The summed E-state index contributed by atoms with van der Waals surface area (Å²) < 4.78 is 8.66. The van der Waals surface area contributed by atoms with Gasteiger partial charge in [0.1, 0.15) is 11.4 Å². The van der Waals surface area contributed by atoms with Crippen molar-refractivity contribution in [1.29, 1.82) is 0 Å². The fourth-order valence-electron chi connectivity index (χ4n) is 5.14. The molecule has 4 aromatic rings. The second kappa shape index (κ2) is 11.0. The highest BCUT2D eigenvalue weighted by molar-refractivity contribution is 5.94. The molecular weight excluding hydrogens is 508 g/mol. The van der Waals surface area contributed by atoms with Crippen LogP contribution in [0.3, 0.4) is 0 Å². The second-order valence-electron chi connectivity index (χ2n) is 10.5. The number of pyridine rings is 1. The van der Waals surface area contributed by atoms with E-state index in [1.54, 1.807) is 23.9 Å². The molecule has 4 heterocycles. The number of carbonyl (C=O) groups is 1. The summed E-state index contributed by atoms with van der Waals surface area (Å²) >= 11 is 0. The van der Waals surface area contributed by atoms with Gasteiger partial charge in [0.15, 0.2) is 17.2 Å². The Labute approximate surface area is 232 Å². The first-order valence-corrected chi connectivity index (χ1v) is 13.7. The Morgan fingerprint density at radius 3 is 2.65 bits per heavy atom. The summed E-state index contributed by atoms with van der Waals surface area (Å²) in [5.74, 6) is 1.03. The number of methoxy groups -OCH3 is 1. The zero-order valence-corrected chi connectivity index (χ0v) is 22.8. The number of nitrogens with one attached hydrogen (secondary N) is 3. The third-order valence-corrected chi connectivity index (χ3v) is 7.52. The van der Waals surface area contributed by atoms with E-state index in [0.29, 0.717) is 29.4 Å². The fourth-order valence-corrected chi connectivity index (χ4v) is 5.14. The number of carbonyl (C=O) groups excluding carboxylic acids is 1. The van der Waals surface area contributed by atoms with Crippen LogP contribution in [0.1, 0.15) is 47.8 Å². The van der Waals surface area contributed by atoms with Crippen LogP contribution in [0, 0.1) is 0 Å². The molecule has 1 aliphatic heterocycles. The number of piperidine rings is 1. The normalized spacial score (nSPS) is 15.7. The van der Waals surface area contributed by atoms with Gasteiger partial charge in [0.05, 0.1) is 19.0 Å². The SMILES string of the molecule is COc1ccc(CN(C)c2cc(Nc3cccn(C4CCNCC4)c3=O)nn3c(C(=O)NC4CC4)cnc23)cc1. The van der Waals surface area contributed by atoms with E-state index in [2.05, 4.69) is 25.8 Å². The number of hydrogen-bond acceptors (Lipinski definition) is 8. The average Bonchev–Trinajstić information content (AvgIpc) is 3.69. The molecule has 208 valence electrons. The molecule has 1 amide bonds. The highest BCUT2D eigenvalue weighted by Crippen LogP contribution is 2.27. The number of fused-ring (bicyclic) bond motifs is 1. The highest BCUT2D eigenvalue weighted by Gasteiger charge is 2.26. The smallest absolute Gasteiger partial charge is 0.274 e. The lowest BCUT2D eigenvalue weighted by Crippen LogP contribution is -2.34. The van der Waals surface area contributed by atoms with E-state index >= 15 is 0 Å². The summed E-state index contributed by atoms with van der Waals surface area (Å²) in [5.41, 5.74) is 3.10. The summed E-state index contributed by atoms with van der Waals surface area (Å²) in [5, 5.41) is 14.3. The Morgan fingerprint density at radius 2 is 1.93 bits per heavy atom. The molecule has 11 nitrogen and oxygen atoms in total. The van der Waals surface area contributed by atoms with Crippen LogP contribution in [0.5, 0.6) is 5.75 Å². The van der Waals surface area contributed by atoms with Crippen molar-refractivity contribution in [3.05, 3.63) is 76.5 Å². The summed E-state index contributed by atoms with van der Waals surface area (Å²) in [6.07, 6.45) is 7.18. The number of ether oxygens (including phenoxy) is 1. The van der Waals surface area contributed by atoms with Gasteiger partial charge in [-0.15, -0.1) is 5.10 Å². The van der Waals surface area contributed by atoms with E-state index < -0.39 is 0 Å². The number of aromatic nitrogens is 4. The Kier molecular flexibility index (Phi) is 7.12. The second-order valence-corrected chi connectivity index (χ2v) is 10.5. The Bertz CT molecular complexity index is 1570. The molecule has 0 spiro atoms. The molecule has 2 aliphatic rings. The predicted octanol–water partition coefficient (Wildman–Crippen LogP) is 3.10. The molecule has 1 saturated heterocycles. The van der Waals surface area contributed by atoms with E-state index in [-0.39, 0.29) is 23.6 Å². The van der Waals surface area contributed by atoms with Gasteiger partial charge in [0.2, 0.25) is 0 Å². The summed E-state index contributed by atoms with van der Waals surface area (Å²) in [6.45, 7) is 2.37. The van der Waals surface area contributed by atoms with E-state index in [9.17, 15) is 9.59 Å². The lowest BCUT2D eigenvalue weighted by Gasteiger charge is -2.25. The predicted molar refractivity (Wildman–Crippen MR) is 154 cm³/mol. The molecule has 0 radical (unpaired) electrons. The zero-order valence-electron chi connectivity index (χ0n) is 22.8. The summed E-state index contributed by atoms with van der Waals surface area (Å²) in [4.78, 5) is 33.1. The van der Waals surface area contributed by atoms with Gasteiger partial charge in [-0.3, -0.25) is 9.59 Å². The first kappa shape index (κ1) is 25.9. The Morgan fingerprint density at radius 1 is 1.15 bits per heavy atom. The van der Waals surface area contributed by atoms with E-state index in [0.717, 1.165) is 55.8 Å². The van der Waals surface area contributed by atoms with Crippen LogP contribution in [-0.4, -0.2) is 58.4 Å². The highest BCUT2D eigenvalue weighted by atomic mass is 16.5. The molecule has 6 rings (SSSR count). The maximum Gasteiger partial charge on any atom is 0.274 e. The van der Waals surface area contributed by atoms with Crippen LogP contribution >= 0.6 is 0 Å². The van der Waals surface area contributed by atoms with Crippen LogP contribution in [-0.2, 0) is 6.54 Å². The molecule has 3 aromatic heterocycles. The molecule has 1 saturated carbocycles. The summed E-state index contributed by atoms with van der Waals surface area (Å²) in [6, 6.07) is 13.8. The van der Waals surface area contributed by atoms with Crippen LogP contribution in [0.2, 0.25) is 0 Å². The van der Waals surface area contributed by atoms with Crippen LogP contribution in [0.4, 0.5) is 17.2 Å². The van der Waals surface area contributed by atoms with Crippen molar-refractivity contribution in [3.8, 4) is 5.75 Å². The molecule has 1 aromatic carbocycles. The van der Waals surface area contributed by atoms with Crippen LogP contribution < -0.4 is 31.1 Å². The molecule has 40 heavy (non-hydrogen) atoms. The van der Waals surface area contributed by atoms with E-state index in [4.69, 9.17) is 9.84 Å². The van der Waals surface area contributed by atoms with Crippen molar-refractivity contribution >= 4 is 28.7 Å². The third kappa shape index (κ3) is 5.37. The molecule has 0 bridgehead atoms. The first-order chi connectivity index (χ1) is 19.5. The number of anilines is 3. The number of imidazole rings is 1. The monoisotopic (exact) mass is 542 g/mol. The van der Waals surface area contributed by atoms with Crippen molar-refractivity contribution in [2.24, 2.45) is 0 Å². The number of nitrogens with zero attached hydrogens (tertiary/aromatic N) is 5. The topological polar surface area (TPSA) is 118 Å². The lowest BCUT2D eigenvalue weighted by atomic mass is 10.1. The minimum Gasteiger partial charge on any atom is -0.497 e. The first-order valence-electron chi connectivity index (χ1n) is 13.7. The lowest BCUT2D eigenvalue weighted by molar-refractivity contribution is 0.0944. The minimum absolute atomic E-state index is 0.0956. The average molecular weight is 543 g/mol. The van der Waals surface area contributed by atoms with Crippen molar-refractivity contribution in [3.63, 3.8) is 0 Å². The number of benzene rings is 1. The number of rotatable bonds is 9. The maximum absolute atomic E-state index is 13.5. The van der Waals surface area contributed by atoms with E-state index in [1.165, 1.54) is 0 Å². The Hall–Kier alpha value is -4.38. The molecule has 0 atom stereocenters. The van der Waals surface area contributed by atoms with Crippen molar-refractivity contribution in [2.45, 2.75) is 44.3 Å². The van der Waals surface area contributed by atoms with Crippen molar-refractivity contribution in [1.82, 2.24) is 29.8 Å². The van der Waals surface area contributed by atoms with Gasteiger partial charge in [-0.05, 0) is 68.6 Å². The quantitative estimate of drug-likeness (QED) is 0.295. The van der Waals surface area contributed by atoms with Gasteiger partial charge in [-0.1, -0.05) is 12.1 Å². The molecule has 3 N–H and O–H groups in total. The maximum atomic E-state index is 13.5. The summed E-state index contributed by atoms with van der Waals surface area (Å²) in [7, 11) is 3.61. The fraction of sp³-hybridized carbons (Fsp3) is 0.379. The Balaban J connectivity index is 1.36. The molecular formula is C29H34N8O3. The van der Waals surface area contributed by atoms with Gasteiger partial charge >= 0.3 is 0 Å². The molecule has 0 unspecified atom stereocenters. The van der Waals surface area contributed by atoms with Gasteiger partial charge < -0.3 is 30.2 Å². The molecule has 11 heteroatoms. The van der Waals surface area contributed by atoms with Gasteiger partial charge in [-0.25, -0.2) is 9.50 Å². The van der Waals surface area contributed by atoms with E-state index in [1.807, 2.05) is 54.2 Å².